The Kier molecular flexibility index (Phi) is 7.91. The van der Waals surface area contributed by atoms with Crippen molar-refractivity contribution in [1.29, 1.82) is 0 Å². The van der Waals surface area contributed by atoms with Gasteiger partial charge in [-0.25, -0.2) is 12.8 Å². The van der Waals surface area contributed by atoms with Crippen molar-refractivity contribution in [3.8, 4) is 0 Å². The molecule has 7 nitrogen and oxygen atoms in total. The number of benzene rings is 1. The van der Waals surface area contributed by atoms with Crippen LogP contribution in [0.4, 0.5) is 4.39 Å². The van der Waals surface area contributed by atoms with E-state index in [4.69, 9.17) is 0 Å². The molecule has 0 spiro atoms. The maximum absolute atomic E-state index is 13.2. The molecule has 1 heterocycles. The Morgan fingerprint density at radius 3 is 2.23 bits per heavy atom. The van der Waals surface area contributed by atoms with Crippen molar-refractivity contribution >= 4 is 15.9 Å². The van der Waals surface area contributed by atoms with Crippen molar-refractivity contribution in [2.24, 2.45) is 5.92 Å². The van der Waals surface area contributed by atoms with E-state index in [-0.39, 0.29) is 29.2 Å². The number of halogens is 1. The second-order valence-electron chi connectivity index (χ2n) is 7.26. The van der Waals surface area contributed by atoms with Gasteiger partial charge in [-0.15, -0.1) is 0 Å². The van der Waals surface area contributed by atoms with Crippen molar-refractivity contribution in [1.82, 2.24) is 14.2 Å². The smallest absolute Gasteiger partial charge is 0.251 e. The third kappa shape index (κ3) is 5.54. The molecule has 0 aliphatic rings. The van der Waals surface area contributed by atoms with Crippen LogP contribution in [0.25, 0.3) is 0 Å². The molecule has 0 aliphatic carbocycles. The fourth-order valence-electron chi connectivity index (χ4n) is 3.18. The van der Waals surface area contributed by atoms with Gasteiger partial charge in [0.2, 0.25) is 15.9 Å². The molecule has 0 saturated carbocycles. The molecule has 1 N–H and O–H groups in total. The number of sulfonamides is 1. The average molecular weight is 438 g/mol. The van der Waals surface area contributed by atoms with Crippen LogP contribution in [0.5, 0.6) is 0 Å². The SMILES string of the molecule is CCN(CC)S(=O)(=O)c1ccc(=O)n(CC(=O)NC(c2ccc(F)cc2)C(C)C)c1. The molecule has 2 aromatic rings. The van der Waals surface area contributed by atoms with Gasteiger partial charge in [0.25, 0.3) is 5.56 Å². The Morgan fingerprint density at radius 2 is 1.70 bits per heavy atom. The summed E-state index contributed by atoms with van der Waals surface area (Å²) >= 11 is 0. The standard InChI is InChI=1S/C21H28FN3O4S/c1-5-25(6-2)30(28,29)18-11-12-20(27)24(13-18)14-19(26)23-21(15(3)4)16-7-9-17(22)10-8-16/h7-13,15,21H,5-6,14H2,1-4H3,(H,23,26). The fourth-order valence-corrected chi connectivity index (χ4v) is 4.66. The van der Waals surface area contributed by atoms with Gasteiger partial charge in [0, 0.05) is 25.4 Å². The van der Waals surface area contributed by atoms with Gasteiger partial charge < -0.3 is 9.88 Å². The van der Waals surface area contributed by atoms with Gasteiger partial charge in [-0.3, -0.25) is 9.59 Å². The third-order valence-electron chi connectivity index (χ3n) is 4.83. The van der Waals surface area contributed by atoms with E-state index in [0.717, 1.165) is 16.2 Å². The predicted molar refractivity (Wildman–Crippen MR) is 113 cm³/mol. The summed E-state index contributed by atoms with van der Waals surface area (Å²) in [6.45, 7) is 7.55. The van der Waals surface area contributed by atoms with Crippen LogP contribution < -0.4 is 10.9 Å². The zero-order valence-electron chi connectivity index (χ0n) is 17.6. The summed E-state index contributed by atoms with van der Waals surface area (Å²) in [7, 11) is -3.75. The number of aromatic nitrogens is 1. The summed E-state index contributed by atoms with van der Waals surface area (Å²) in [6.07, 6.45) is 1.19. The summed E-state index contributed by atoms with van der Waals surface area (Å²) < 4.78 is 41.0. The molecule has 2 rings (SSSR count). The highest BCUT2D eigenvalue weighted by Gasteiger charge is 2.23. The highest BCUT2D eigenvalue weighted by atomic mass is 32.2. The number of carbonyl (C=O) groups excluding carboxylic acids is 1. The molecular weight excluding hydrogens is 409 g/mol. The van der Waals surface area contributed by atoms with E-state index < -0.39 is 21.5 Å². The van der Waals surface area contributed by atoms with Crippen LogP contribution in [0.1, 0.15) is 39.3 Å². The first-order valence-electron chi connectivity index (χ1n) is 9.85. The van der Waals surface area contributed by atoms with Gasteiger partial charge in [-0.1, -0.05) is 39.8 Å². The first-order chi connectivity index (χ1) is 14.1. The Balaban J connectivity index is 2.25. The summed E-state index contributed by atoms with van der Waals surface area (Å²) in [5.41, 5.74) is 0.261. The van der Waals surface area contributed by atoms with Gasteiger partial charge >= 0.3 is 0 Å². The van der Waals surface area contributed by atoms with Crippen LogP contribution in [-0.2, 0) is 21.4 Å². The molecule has 1 unspecified atom stereocenters. The molecule has 164 valence electrons. The number of nitrogens with zero attached hydrogens (tertiary/aromatic N) is 2. The fraction of sp³-hybridized carbons (Fsp3) is 0.429. The Hall–Kier alpha value is -2.52. The lowest BCUT2D eigenvalue weighted by molar-refractivity contribution is -0.122. The van der Waals surface area contributed by atoms with E-state index >= 15 is 0 Å². The molecule has 0 aliphatic heterocycles. The van der Waals surface area contributed by atoms with Crippen LogP contribution >= 0.6 is 0 Å². The van der Waals surface area contributed by atoms with Gasteiger partial charge in [0.15, 0.2) is 0 Å². The quantitative estimate of drug-likeness (QED) is 0.653. The zero-order chi connectivity index (χ0) is 22.5. The number of hydrogen-bond donors (Lipinski definition) is 1. The highest BCUT2D eigenvalue weighted by Crippen LogP contribution is 2.22. The van der Waals surface area contributed by atoms with E-state index in [1.54, 1.807) is 26.0 Å². The minimum Gasteiger partial charge on any atom is -0.347 e. The molecule has 0 fully saturated rings. The van der Waals surface area contributed by atoms with Gasteiger partial charge in [0.05, 0.1) is 10.9 Å². The number of carbonyl (C=O) groups is 1. The van der Waals surface area contributed by atoms with Gasteiger partial charge in [0.1, 0.15) is 12.4 Å². The number of amides is 1. The Bertz CT molecular complexity index is 1030. The van der Waals surface area contributed by atoms with E-state index in [2.05, 4.69) is 5.32 Å². The third-order valence-corrected chi connectivity index (χ3v) is 6.86. The van der Waals surface area contributed by atoms with E-state index in [1.807, 2.05) is 13.8 Å². The molecule has 9 heteroatoms. The molecule has 0 bridgehead atoms. The van der Waals surface area contributed by atoms with Crippen LogP contribution in [0.2, 0.25) is 0 Å². The van der Waals surface area contributed by atoms with Crippen molar-refractivity contribution in [3.63, 3.8) is 0 Å². The Morgan fingerprint density at radius 1 is 1.10 bits per heavy atom. The van der Waals surface area contributed by atoms with E-state index in [0.29, 0.717) is 13.1 Å². The molecule has 0 radical (unpaired) electrons. The van der Waals surface area contributed by atoms with Crippen LogP contribution in [0, 0.1) is 11.7 Å². The first-order valence-corrected chi connectivity index (χ1v) is 11.3. The van der Waals surface area contributed by atoms with Crippen molar-refractivity contribution in [3.05, 3.63) is 64.3 Å². The van der Waals surface area contributed by atoms with Gasteiger partial charge in [-0.05, 0) is 29.7 Å². The van der Waals surface area contributed by atoms with Crippen molar-refractivity contribution < 1.29 is 17.6 Å². The number of nitrogens with one attached hydrogen (secondary N) is 1. The summed E-state index contributed by atoms with van der Waals surface area (Å²) in [6, 6.07) is 7.86. The maximum Gasteiger partial charge on any atom is 0.251 e. The predicted octanol–water partition coefficient (Wildman–Crippen LogP) is 2.53. The summed E-state index contributed by atoms with van der Waals surface area (Å²) in [5, 5.41) is 2.85. The number of hydrogen-bond acceptors (Lipinski definition) is 4. The summed E-state index contributed by atoms with van der Waals surface area (Å²) in [4.78, 5) is 24.8. The van der Waals surface area contributed by atoms with E-state index in [1.165, 1.54) is 28.7 Å². The number of rotatable bonds is 9. The Labute approximate surface area is 176 Å². The molecular formula is C21H28FN3O4S. The minimum absolute atomic E-state index is 0.0190. The lowest BCUT2D eigenvalue weighted by Crippen LogP contribution is -2.37. The van der Waals surface area contributed by atoms with Crippen LogP contribution in [0.3, 0.4) is 0 Å². The topological polar surface area (TPSA) is 88.5 Å². The minimum atomic E-state index is -3.75. The second-order valence-corrected chi connectivity index (χ2v) is 9.20. The van der Waals surface area contributed by atoms with Crippen molar-refractivity contribution in [2.75, 3.05) is 13.1 Å². The monoisotopic (exact) mass is 437 g/mol. The molecule has 30 heavy (non-hydrogen) atoms. The molecule has 1 aromatic carbocycles. The average Bonchev–Trinajstić information content (AvgIpc) is 2.69. The molecule has 0 saturated heterocycles. The van der Waals surface area contributed by atoms with Gasteiger partial charge in [-0.2, -0.15) is 4.31 Å². The zero-order valence-corrected chi connectivity index (χ0v) is 18.4. The summed E-state index contributed by atoms with van der Waals surface area (Å²) in [5.74, 6) is -0.798. The normalized spacial score (nSPS) is 12.9. The second kappa shape index (κ2) is 9.99. The maximum atomic E-state index is 13.2. The number of pyridine rings is 1. The van der Waals surface area contributed by atoms with Crippen molar-refractivity contribution in [2.45, 2.75) is 45.2 Å². The largest absolute Gasteiger partial charge is 0.347 e. The first kappa shape index (κ1) is 23.8. The van der Waals surface area contributed by atoms with Crippen LogP contribution in [-0.4, -0.2) is 36.3 Å². The van der Waals surface area contributed by atoms with E-state index in [9.17, 15) is 22.4 Å². The van der Waals surface area contributed by atoms with Crippen LogP contribution in [0.15, 0.2) is 52.3 Å². The molecule has 1 aromatic heterocycles. The lowest BCUT2D eigenvalue weighted by atomic mass is 9.96. The molecule has 1 atom stereocenters. The molecule has 1 amide bonds. The lowest BCUT2D eigenvalue weighted by Gasteiger charge is -2.23. The highest BCUT2D eigenvalue weighted by molar-refractivity contribution is 7.89.